The van der Waals surface area contributed by atoms with Crippen molar-refractivity contribution in [1.29, 1.82) is 0 Å². The Balaban J connectivity index is 2.30. The second-order valence-corrected chi connectivity index (χ2v) is 4.72. The second-order valence-electron chi connectivity index (χ2n) is 4.72. The van der Waals surface area contributed by atoms with Gasteiger partial charge in [0.25, 0.3) is 0 Å². The predicted molar refractivity (Wildman–Crippen MR) is 75.5 cm³/mol. The third kappa shape index (κ3) is 3.14. The standard InChI is InChI=1S/C16H18FNO2/c1-4-14-16(7-5-10(2)18-14)20-15-8-6-12(11(3)19)9-13(15)17/h5-9,11,19H,4H2,1-3H3/t11-/m1/s1. The first-order valence-corrected chi connectivity index (χ1v) is 6.63. The molecule has 0 aliphatic rings. The number of aromatic nitrogens is 1. The number of rotatable bonds is 4. The second kappa shape index (κ2) is 6.01. The third-order valence-electron chi connectivity index (χ3n) is 3.06. The van der Waals surface area contributed by atoms with Crippen molar-refractivity contribution in [3.8, 4) is 11.5 Å². The summed E-state index contributed by atoms with van der Waals surface area (Å²) < 4.78 is 19.6. The van der Waals surface area contributed by atoms with E-state index in [4.69, 9.17) is 4.74 Å². The van der Waals surface area contributed by atoms with E-state index >= 15 is 0 Å². The quantitative estimate of drug-likeness (QED) is 0.919. The molecule has 0 radical (unpaired) electrons. The van der Waals surface area contributed by atoms with Crippen LogP contribution in [0.3, 0.4) is 0 Å². The van der Waals surface area contributed by atoms with Crippen LogP contribution in [0.2, 0.25) is 0 Å². The maximum atomic E-state index is 14.0. The van der Waals surface area contributed by atoms with Crippen LogP contribution >= 0.6 is 0 Å². The maximum absolute atomic E-state index is 14.0. The number of ether oxygens (including phenoxy) is 1. The van der Waals surface area contributed by atoms with E-state index in [2.05, 4.69) is 4.98 Å². The Kier molecular flexibility index (Phi) is 4.35. The van der Waals surface area contributed by atoms with Crippen molar-refractivity contribution < 1.29 is 14.2 Å². The van der Waals surface area contributed by atoms with E-state index < -0.39 is 11.9 Å². The minimum absolute atomic E-state index is 0.134. The number of halogens is 1. The fraction of sp³-hybridized carbons (Fsp3) is 0.312. The molecular formula is C16H18FNO2. The zero-order valence-corrected chi connectivity index (χ0v) is 11.9. The molecular weight excluding hydrogens is 257 g/mol. The van der Waals surface area contributed by atoms with Crippen LogP contribution in [0.1, 0.15) is 36.9 Å². The minimum Gasteiger partial charge on any atom is -0.452 e. The van der Waals surface area contributed by atoms with Crippen molar-refractivity contribution in [2.45, 2.75) is 33.3 Å². The highest BCUT2D eigenvalue weighted by Gasteiger charge is 2.11. The molecule has 1 aromatic heterocycles. The monoisotopic (exact) mass is 275 g/mol. The van der Waals surface area contributed by atoms with Crippen LogP contribution in [0, 0.1) is 12.7 Å². The number of pyridine rings is 1. The number of aliphatic hydroxyl groups is 1. The molecule has 0 spiro atoms. The van der Waals surface area contributed by atoms with Gasteiger partial charge in [0, 0.05) is 5.69 Å². The molecule has 20 heavy (non-hydrogen) atoms. The summed E-state index contributed by atoms with van der Waals surface area (Å²) in [5.41, 5.74) is 2.22. The first kappa shape index (κ1) is 14.5. The predicted octanol–water partition coefficient (Wildman–Crippen LogP) is 3.94. The van der Waals surface area contributed by atoms with Crippen LogP contribution in [-0.2, 0) is 6.42 Å². The van der Waals surface area contributed by atoms with Crippen molar-refractivity contribution >= 4 is 0 Å². The Labute approximate surface area is 118 Å². The zero-order valence-electron chi connectivity index (χ0n) is 11.9. The van der Waals surface area contributed by atoms with Gasteiger partial charge in [-0.05, 0) is 50.1 Å². The Morgan fingerprint density at radius 3 is 2.55 bits per heavy atom. The molecule has 2 rings (SSSR count). The van der Waals surface area contributed by atoms with Gasteiger partial charge in [-0.15, -0.1) is 0 Å². The average molecular weight is 275 g/mol. The third-order valence-corrected chi connectivity index (χ3v) is 3.06. The van der Waals surface area contributed by atoms with Crippen LogP contribution < -0.4 is 4.74 Å². The molecule has 0 aliphatic carbocycles. The van der Waals surface area contributed by atoms with Crippen molar-refractivity contribution in [3.63, 3.8) is 0 Å². The summed E-state index contributed by atoms with van der Waals surface area (Å²) in [6, 6.07) is 8.08. The molecule has 0 saturated heterocycles. The normalized spacial score (nSPS) is 12.2. The zero-order chi connectivity index (χ0) is 14.7. The van der Waals surface area contributed by atoms with E-state index in [9.17, 15) is 9.50 Å². The number of aliphatic hydroxyl groups excluding tert-OH is 1. The van der Waals surface area contributed by atoms with Gasteiger partial charge in [0.1, 0.15) is 5.75 Å². The molecule has 0 fully saturated rings. The molecule has 0 unspecified atom stereocenters. The van der Waals surface area contributed by atoms with Crippen LogP contribution in [0.25, 0.3) is 0 Å². The van der Waals surface area contributed by atoms with E-state index in [1.807, 2.05) is 19.9 Å². The van der Waals surface area contributed by atoms with Gasteiger partial charge in [-0.1, -0.05) is 13.0 Å². The van der Waals surface area contributed by atoms with Crippen LogP contribution in [0.5, 0.6) is 11.5 Å². The number of hydrogen-bond donors (Lipinski definition) is 1. The summed E-state index contributed by atoms with van der Waals surface area (Å²) in [6.07, 6.45) is 0.00972. The van der Waals surface area contributed by atoms with E-state index in [0.717, 1.165) is 11.4 Å². The van der Waals surface area contributed by atoms with E-state index in [0.29, 0.717) is 17.7 Å². The lowest BCUT2D eigenvalue weighted by atomic mass is 10.1. The summed E-state index contributed by atoms with van der Waals surface area (Å²) >= 11 is 0. The topological polar surface area (TPSA) is 42.4 Å². The lowest BCUT2D eigenvalue weighted by Gasteiger charge is -2.12. The molecule has 0 saturated carbocycles. The summed E-state index contributed by atoms with van der Waals surface area (Å²) in [5.74, 6) is 0.197. The first-order valence-electron chi connectivity index (χ1n) is 6.63. The van der Waals surface area contributed by atoms with Crippen molar-refractivity contribution in [2.24, 2.45) is 0 Å². The van der Waals surface area contributed by atoms with E-state index in [-0.39, 0.29) is 5.75 Å². The van der Waals surface area contributed by atoms with Gasteiger partial charge in [-0.3, -0.25) is 4.98 Å². The maximum Gasteiger partial charge on any atom is 0.166 e. The number of nitrogens with zero attached hydrogens (tertiary/aromatic N) is 1. The molecule has 2 aromatic rings. The molecule has 106 valence electrons. The van der Waals surface area contributed by atoms with Crippen molar-refractivity contribution in [3.05, 3.63) is 53.1 Å². The van der Waals surface area contributed by atoms with Gasteiger partial charge in [0.2, 0.25) is 0 Å². The van der Waals surface area contributed by atoms with Gasteiger partial charge >= 0.3 is 0 Å². The summed E-state index contributed by atoms with van der Waals surface area (Å²) in [4.78, 5) is 4.38. The van der Waals surface area contributed by atoms with Crippen molar-refractivity contribution in [2.75, 3.05) is 0 Å². The van der Waals surface area contributed by atoms with E-state index in [1.54, 1.807) is 19.1 Å². The SMILES string of the molecule is CCc1nc(C)ccc1Oc1ccc([C@@H](C)O)cc1F. The molecule has 1 N–H and O–H groups in total. The summed E-state index contributed by atoms with van der Waals surface area (Å²) in [7, 11) is 0. The molecule has 0 aliphatic heterocycles. The Morgan fingerprint density at radius 2 is 1.95 bits per heavy atom. The number of aryl methyl sites for hydroxylation is 2. The van der Waals surface area contributed by atoms with Gasteiger partial charge in [0.15, 0.2) is 11.6 Å². The van der Waals surface area contributed by atoms with Gasteiger partial charge in [-0.25, -0.2) is 4.39 Å². The molecule has 1 atom stereocenters. The number of hydrogen-bond acceptors (Lipinski definition) is 3. The Morgan fingerprint density at radius 1 is 1.25 bits per heavy atom. The summed E-state index contributed by atoms with van der Waals surface area (Å²) in [5, 5.41) is 9.42. The van der Waals surface area contributed by atoms with Gasteiger partial charge < -0.3 is 9.84 Å². The highest BCUT2D eigenvalue weighted by Crippen LogP contribution is 2.29. The molecule has 3 nitrogen and oxygen atoms in total. The van der Waals surface area contributed by atoms with Gasteiger partial charge in [0.05, 0.1) is 11.8 Å². The van der Waals surface area contributed by atoms with Crippen LogP contribution in [0.4, 0.5) is 4.39 Å². The highest BCUT2D eigenvalue weighted by atomic mass is 19.1. The fourth-order valence-electron chi connectivity index (χ4n) is 1.92. The van der Waals surface area contributed by atoms with Gasteiger partial charge in [-0.2, -0.15) is 0 Å². The first-order chi connectivity index (χ1) is 9.51. The minimum atomic E-state index is -0.703. The molecule has 0 bridgehead atoms. The average Bonchev–Trinajstić information content (AvgIpc) is 2.42. The molecule has 1 heterocycles. The van der Waals surface area contributed by atoms with Crippen LogP contribution in [0.15, 0.2) is 30.3 Å². The highest BCUT2D eigenvalue weighted by molar-refractivity contribution is 5.37. The fourth-order valence-corrected chi connectivity index (χ4v) is 1.92. The molecule has 4 heteroatoms. The number of benzene rings is 1. The lowest BCUT2D eigenvalue weighted by molar-refractivity contribution is 0.198. The Hall–Kier alpha value is -1.94. The van der Waals surface area contributed by atoms with Crippen molar-refractivity contribution in [1.82, 2.24) is 4.98 Å². The smallest absolute Gasteiger partial charge is 0.166 e. The lowest BCUT2D eigenvalue weighted by Crippen LogP contribution is -1.98. The molecule has 0 amide bonds. The largest absolute Gasteiger partial charge is 0.452 e. The molecule has 1 aromatic carbocycles. The van der Waals surface area contributed by atoms with E-state index in [1.165, 1.54) is 12.1 Å². The van der Waals surface area contributed by atoms with Crippen LogP contribution in [-0.4, -0.2) is 10.1 Å². The summed E-state index contributed by atoms with van der Waals surface area (Å²) in [6.45, 7) is 5.47. The Bertz CT molecular complexity index is 611.